The van der Waals surface area contributed by atoms with Crippen molar-refractivity contribution in [2.45, 2.75) is 0 Å². The fourth-order valence-corrected chi connectivity index (χ4v) is 2.49. The number of carbonyl (C=O) groups is 2. The number of fused-ring (bicyclic) bond motifs is 1. The lowest BCUT2D eigenvalue weighted by Gasteiger charge is -2.28. The van der Waals surface area contributed by atoms with E-state index in [0.717, 1.165) is 32.7 Å². The molecule has 6 nitrogen and oxygen atoms in total. The standard InChI is InChI=1S/C13H16N4O2/c18-12-10-2-1-3-15-11(10)13(19)17(12)9-8-16-6-4-14-5-7-16/h1-3,14H,4-9H2. The third-order valence-corrected chi connectivity index (χ3v) is 3.58. The van der Waals surface area contributed by atoms with E-state index >= 15 is 0 Å². The molecule has 1 saturated heterocycles. The van der Waals surface area contributed by atoms with Crippen molar-refractivity contribution in [2.24, 2.45) is 0 Å². The van der Waals surface area contributed by atoms with E-state index in [4.69, 9.17) is 0 Å². The van der Waals surface area contributed by atoms with Crippen LogP contribution < -0.4 is 5.32 Å². The van der Waals surface area contributed by atoms with Crippen molar-refractivity contribution in [3.63, 3.8) is 0 Å². The fraction of sp³-hybridized carbons (Fsp3) is 0.462. The highest BCUT2D eigenvalue weighted by atomic mass is 16.2. The number of rotatable bonds is 3. The van der Waals surface area contributed by atoms with E-state index in [1.807, 2.05) is 0 Å². The maximum absolute atomic E-state index is 12.1. The van der Waals surface area contributed by atoms with Crippen LogP contribution in [0.5, 0.6) is 0 Å². The zero-order valence-electron chi connectivity index (χ0n) is 10.6. The van der Waals surface area contributed by atoms with Crippen LogP contribution in [0.25, 0.3) is 0 Å². The highest BCUT2D eigenvalue weighted by molar-refractivity contribution is 6.20. The maximum Gasteiger partial charge on any atom is 0.280 e. The van der Waals surface area contributed by atoms with Gasteiger partial charge in [0.05, 0.1) is 5.56 Å². The Morgan fingerprint density at radius 2 is 1.95 bits per heavy atom. The molecule has 0 aromatic carbocycles. The Labute approximate surface area is 111 Å². The minimum Gasteiger partial charge on any atom is -0.314 e. The van der Waals surface area contributed by atoms with E-state index in [1.165, 1.54) is 4.90 Å². The van der Waals surface area contributed by atoms with Gasteiger partial charge in [0.1, 0.15) is 5.69 Å². The molecular formula is C13H16N4O2. The number of piperazine rings is 1. The molecule has 0 atom stereocenters. The topological polar surface area (TPSA) is 65.5 Å². The minimum atomic E-state index is -0.268. The van der Waals surface area contributed by atoms with E-state index in [0.29, 0.717) is 12.1 Å². The summed E-state index contributed by atoms with van der Waals surface area (Å²) in [6.07, 6.45) is 1.55. The van der Waals surface area contributed by atoms with Crippen molar-refractivity contribution in [2.75, 3.05) is 39.3 Å². The Bertz CT molecular complexity index is 476. The highest BCUT2D eigenvalue weighted by Crippen LogP contribution is 2.19. The van der Waals surface area contributed by atoms with Gasteiger partial charge >= 0.3 is 0 Å². The number of hydrogen-bond donors (Lipinski definition) is 1. The third kappa shape index (κ3) is 2.24. The van der Waals surface area contributed by atoms with Crippen LogP contribution in [0, 0.1) is 0 Å². The molecule has 1 fully saturated rings. The number of hydrogen-bond acceptors (Lipinski definition) is 5. The van der Waals surface area contributed by atoms with Gasteiger partial charge in [-0.3, -0.25) is 24.4 Å². The van der Waals surface area contributed by atoms with E-state index in [-0.39, 0.29) is 17.5 Å². The Kier molecular flexibility index (Phi) is 3.27. The number of pyridine rings is 1. The first-order valence-electron chi connectivity index (χ1n) is 6.51. The smallest absolute Gasteiger partial charge is 0.280 e. The van der Waals surface area contributed by atoms with E-state index in [2.05, 4.69) is 15.2 Å². The van der Waals surface area contributed by atoms with Crippen molar-refractivity contribution < 1.29 is 9.59 Å². The zero-order chi connectivity index (χ0) is 13.2. The van der Waals surface area contributed by atoms with E-state index in [1.54, 1.807) is 18.3 Å². The summed E-state index contributed by atoms with van der Waals surface area (Å²) in [7, 11) is 0. The van der Waals surface area contributed by atoms with Crippen molar-refractivity contribution in [3.05, 3.63) is 29.6 Å². The first kappa shape index (κ1) is 12.3. The Morgan fingerprint density at radius 1 is 1.16 bits per heavy atom. The number of imide groups is 1. The predicted molar refractivity (Wildman–Crippen MR) is 68.9 cm³/mol. The first-order valence-corrected chi connectivity index (χ1v) is 6.51. The monoisotopic (exact) mass is 260 g/mol. The number of aromatic nitrogens is 1. The Balaban J connectivity index is 1.67. The molecule has 1 N–H and O–H groups in total. The van der Waals surface area contributed by atoms with Crippen molar-refractivity contribution in [1.29, 1.82) is 0 Å². The van der Waals surface area contributed by atoms with Crippen LogP contribution in [0.4, 0.5) is 0 Å². The lowest BCUT2D eigenvalue weighted by Crippen LogP contribution is -2.47. The number of nitrogens with zero attached hydrogens (tertiary/aromatic N) is 3. The Hall–Kier alpha value is -1.79. The van der Waals surface area contributed by atoms with Crippen LogP contribution in [-0.2, 0) is 0 Å². The van der Waals surface area contributed by atoms with Crippen LogP contribution in [0.3, 0.4) is 0 Å². The van der Waals surface area contributed by atoms with Crippen LogP contribution in [0.15, 0.2) is 18.3 Å². The molecule has 3 heterocycles. The van der Waals surface area contributed by atoms with Gasteiger partial charge in [0.15, 0.2) is 0 Å². The van der Waals surface area contributed by atoms with E-state index < -0.39 is 0 Å². The summed E-state index contributed by atoms with van der Waals surface area (Å²) in [5, 5.41) is 3.28. The van der Waals surface area contributed by atoms with E-state index in [9.17, 15) is 9.59 Å². The third-order valence-electron chi connectivity index (χ3n) is 3.58. The molecule has 100 valence electrons. The normalized spacial score (nSPS) is 19.9. The van der Waals surface area contributed by atoms with Crippen LogP contribution in [-0.4, -0.2) is 65.9 Å². The number of carbonyl (C=O) groups excluding carboxylic acids is 2. The van der Waals surface area contributed by atoms with Gasteiger partial charge < -0.3 is 5.32 Å². The van der Waals surface area contributed by atoms with Crippen molar-refractivity contribution in [1.82, 2.24) is 20.1 Å². The second-order valence-electron chi connectivity index (χ2n) is 4.75. The first-order chi connectivity index (χ1) is 9.27. The molecular weight excluding hydrogens is 244 g/mol. The predicted octanol–water partition coefficient (Wildman–Crippen LogP) is -0.417. The molecule has 0 saturated carbocycles. The summed E-state index contributed by atoms with van der Waals surface area (Å²) in [5.41, 5.74) is 0.709. The summed E-state index contributed by atoms with van der Waals surface area (Å²) >= 11 is 0. The fourth-order valence-electron chi connectivity index (χ4n) is 2.49. The summed E-state index contributed by atoms with van der Waals surface area (Å²) < 4.78 is 0. The van der Waals surface area contributed by atoms with Gasteiger partial charge in [0.25, 0.3) is 11.8 Å². The molecule has 0 aliphatic carbocycles. The van der Waals surface area contributed by atoms with Crippen LogP contribution >= 0.6 is 0 Å². The van der Waals surface area contributed by atoms with Gasteiger partial charge in [-0.05, 0) is 12.1 Å². The molecule has 6 heteroatoms. The quantitative estimate of drug-likeness (QED) is 0.748. The summed E-state index contributed by atoms with van der Waals surface area (Å²) in [6.45, 7) is 5.01. The lowest BCUT2D eigenvalue weighted by molar-refractivity contribution is 0.0631. The molecule has 0 bridgehead atoms. The minimum absolute atomic E-state index is 0.219. The zero-order valence-corrected chi connectivity index (χ0v) is 10.6. The van der Waals surface area contributed by atoms with Gasteiger partial charge in [-0.2, -0.15) is 0 Å². The van der Waals surface area contributed by atoms with Gasteiger partial charge in [-0.25, -0.2) is 0 Å². The average Bonchev–Trinajstić information content (AvgIpc) is 2.71. The summed E-state index contributed by atoms with van der Waals surface area (Å²) in [6, 6.07) is 3.34. The number of nitrogens with one attached hydrogen (secondary N) is 1. The molecule has 0 spiro atoms. The van der Waals surface area contributed by atoms with Gasteiger partial charge in [0.2, 0.25) is 0 Å². The van der Waals surface area contributed by atoms with Crippen molar-refractivity contribution >= 4 is 11.8 Å². The van der Waals surface area contributed by atoms with Gasteiger partial charge in [0, 0.05) is 45.5 Å². The van der Waals surface area contributed by atoms with Gasteiger partial charge in [-0.1, -0.05) is 0 Å². The van der Waals surface area contributed by atoms with Crippen LogP contribution in [0.2, 0.25) is 0 Å². The second kappa shape index (κ2) is 5.07. The SMILES string of the molecule is O=C1c2cccnc2C(=O)N1CCN1CCNCC1. The number of amides is 2. The Morgan fingerprint density at radius 3 is 2.68 bits per heavy atom. The lowest BCUT2D eigenvalue weighted by atomic mass is 10.2. The molecule has 0 unspecified atom stereocenters. The molecule has 2 aliphatic rings. The van der Waals surface area contributed by atoms with Crippen LogP contribution in [0.1, 0.15) is 20.8 Å². The average molecular weight is 260 g/mol. The highest BCUT2D eigenvalue weighted by Gasteiger charge is 2.36. The molecule has 1 aromatic rings. The molecule has 2 amide bonds. The molecule has 0 radical (unpaired) electrons. The second-order valence-corrected chi connectivity index (χ2v) is 4.75. The summed E-state index contributed by atoms with van der Waals surface area (Å²) in [4.78, 5) is 31.8. The molecule has 3 rings (SSSR count). The summed E-state index contributed by atoms with van der Waals surface area (Å²) in [5.74, 6) is -0.487. The molecule has 19 heavy (non-hydrogen) atoms. The molecule has 2 aliphatic heterocycles. The van der Waals surface area contributed by atoms with Gasteiger partial charge in [-0.15, -0.1) is 0 Å². The largest absolute Gasteiger partial charge is 0.314 e. The molecule has 1 aromatic heterocycles. The maximum atomic E-state index is 12.1. The van der Waals surface area contributed by atoms with Crippen molar-refractivity contribution in [3.8, 4) is 0 Å².